The van der Waals surface area contributed by atoms with Crippen molar-refractivity contribution in [1.29, 1.82) is 0 Å². The van der Waals surface area contributed by atoms with Crippen LogP contribution in [0.4, 0.5) is 26.3 Å². The van der Waals surface area contributed by atoms with Crippen LogP contribution in [0.3, 0.4) is 0 Å². The number of carbonyl (C=O) groups excluding carboxylic acids is 1. The Labute approximate surface area is 117 Å². The molecule has 0 aromatic heterocycles. The molecular weight excluding hydrogens is 308 g/mol. The van der Waals surface area contributed by atoms with Crippen molar-refractivity contribution in [2.45, 2.75) is 50.8 Å². The van der Waals surface area contributed by atoms with Crippen LogP contribution in [-0.2, 0) is 14.3 Å². The van der Waals surface area contributed by atoms with Gasteiger partial charge in [-0.3, -0.25) is 4.79 Å². The maximum Gasteiger partial charge on any atom is 0.423 e. The summed E-state index contributed by atoms with van der Waals surface area (Å²) in [6.07, 6.45) is -15.4. The lowest BCUT2D eigenvalue weighted by molar-refractivity contribution is -0.322. The Morgan fingerprint density at radius 2 is 1.57 bits per heavy atom. The summed E-state index contributed by atoms with van der Waals surface area (Å²) < 4.78 is 81.6. The predicted octanol–water partition coefficient (Wildman–Crippen LogP) is 2.43. The molecule has 0 aliphatic carbocycles. The summed E-state index contributed by atoms with van der Waals surface area (Å²) in [6.45, 7) is 2.42. The Morgan fingerprint density at radius 1 is 1.10 bits per heavy atom. The highest BCUT2D eigenvalue weighted by molar-refractivity contribution is 5.75. The number of carbonyl (C=O) groups is 1. The highest BCUT2D eigenvalue weighted by Gasteiger charge is 2.57. The van der Waals surface area contributed by atoms with Gasteiger partial charge in [0.15, 0.2) is 0 Å². The van der Waals surface area contributed by atoms with Crippen molar-refractivity contribution in [3.05, 3.63) is 0 Å². The van der Waals surface area contributed by atoms with Gasteiger partial charge in [-0.25, -0.2) is 0 Å². The molecule has 126 valence electrons. The molecule has 0 radical (unpaired) electrons. The second-order valence-corrected chi connectivity index (χ2v) is 4.52. The van der Waals surface area contributed by atoms with Gasteiger partial charge < -0.3 is 14.8 Å². The molecular formula is C11H17F6NO3. The average Bonchev–Trinajstić information content (AvgIpc) is 2.28. The van der Waals surface area contributed by atoms with E-state index in [1.807, 2.05) is 0 Å². The quantitative estimate of drug-likeness (QED) is 0.577. The molecule has 4 nitrogen and oxygen atoms in total. The number of halogens is 6. The number of ether oxygens (including phenoxy) is 2. The summed E-state index contributed by atoms with van der Waals surface area (Å²) in [6, 6.07) is -1.26. The van der Waals surface area contributed by atoms with E-state index in [-0.39, 0.29) is 12.5 Å². The van der Waals surface area contributed by atoms with E-state index in [1.54, 1.807) is 13.8 Å². The molecule has 0 saturated heterocycles. The number of hydrogen-bond donors (Lipinski definition) is 1. The molecule has 21 heavy (non-hydrogen) atoms. The monoisotopic (exact) mass is 325 g/mol. The minimum Gasteiger partial charge on any atom is -0.468 e. The van der Waals surface area contributed by atoms with E-state index in [2.05, 4.69) is 14.8 Å². The van der Waals surface area contributed by atoms with E-state index in [0.717, 1.165) is 7.11 Å². The lowest BCUT2D eigenvalue weighted by Crippen LogP contribution is -2.46. The van der Waals surface area contributed by atoms with E-state index in [1.165, 1.54) is 0 Å². The van der Waals surface area contributed by atoms with Gasteiger partial charge in [0.2, 0.25) is 6.10 Å². The Morgan fingerprint density at radius 3 is 1.90 bits per heavy atom. The second-order valence-electron chi connectivity index (χ2n) is 4.52. The molecule has 0 fully saturated rings. The number of methoxy groups -OCH3 is 1. The molecule has 0 heterocycles. The minimum atomic E-state index is -5.56. The van der Waals surface area contributed by atoms with Crippen LogP contribution in [-0.4, -0.2) is 50.2 Å². The van der Waals surface area contributed by atoms with E-state index < -0.39 is 37.1 Å². The van der Waals surface area contributed by atoms with Crippen LogP contribution in [0.2, 0.25) is 0 Å². The first-order chi connectivity index (χ1) is 9.39. The molecule has 0 aliphatic heterocycles. The summed E-state index contributed by atoms with van der Waals surface area (Å²) in [4.78, 5) is 11.3. The fraction of sp³-hybridized carbons (Fsp3) is 0.909. The molecule has 1 atom stereocenters. The van der Waals surface area contributed by atoms with Gasteiger partial charge in [-0.05, 0) is 6.42 Å². The summed E-state index contributed by atoms with van der Waals surface area (Å²) in [7, 11) is 1.06. The van der Waals surface area contributed by atoms with Crippen LogP contribution in [0, 0.1) is 0 Å². The van der Waals surface area contributed by atoms with Crippen molar-refractivity contribution in [3.8, 4) is 0 Å². The van der Waals surface area contributed by atoms with E-state index >= 15 is 0 Å². The Kier molecular flexibility index (Phi) is 7.45. The fourth-order valence-corrected chi connectivity index (χ4v) is 1.49. The first kappa shape index (κ1) is 20.0. The van der Waals surface area contributed by atoms with Crippen molar-refractivity contribution in [2.24, 2.45) is 0 Å². The molecule has 0 aromatic rings. The van der Waals surface area contributed by atoms with Gasteiger partial charge in [0.1, 0.15) is 6.04 Å². The lowest BCUT2D eigenvalue weighted by Gasteiger charge is -2.24. The van der Waals surface area contributed by atoms with Gasteiger partial charge in [0.05, 0.1) is 7.11 Å². The fourth-order valence-electron chi connectivity index (χ4n) is 1.49. The molecule has 0 bridgehead atoms. The molecule has 10 heteroatoms. The zero-order chi connectivity index (χ0) is 16.8. The number of alkyl halides is 6. The van der Waals surface area contributed by atoms with Gasteiger partial charge in [0.25, 0.3) is 0 Å². The van der Waals surface area contributed by atoms with E-state index in [4.69, 9.17) is 0 Å². The third kappa shape index (κ3) is 7.51. The van der Waals surface area contributed by atoms with Crippen LogP contribution in [0.5, 0.6) is 0 Å². The third-order valence-corrected chi connectivity index (χ3v) is 2.31. The molecule has 1 N–H and O–H groups in total. The van der Waals surface area contributed by atoms with Crippen molar-refractivity contribution in [2.75, 3.05) is 13.7 Å². The number of esters is 1. The summed E-state index contributed by atoms with van der Waals surface area (Å²) in [5.41, 5.74) is 0. The summed E-state index contributed by atoms with van der Waals surface area (Å²) >= 11 is 0. The topological polar surface area (TPSA) is 47.6 Å². The maximum absolute atomic E-state index is 12.2. The zero-order valence-corrected chi connectivity index (χ0v) is 11.6. The SMILES string of the molecule is COC(=O)C(CCOC(C(F)(F)F)C(F)(F)F)NC(C)C. The largest absolute Gasteiger partial charge is 0.468 e. The first-order valence-corrected chi connectivity index (χ1v) is 5.98. The zero-order valence-electron chi connectivity index (χ0n) is 11.6. The number of rotatable bonds is 7. The van der Waals surface area contributed by atoms with Crippen LogP contribution >= 0.6 is 0 Å². The number of hydrogen-bond acceptors (Lipinski definition) is 4. The lowest BCUT2D eigenvalue weighted by atomic mass is 10.2. The van der Waals surface area contributed by atoms with Crippen LogP contribution in [0.25, 0.3) is 0 Å². The summed E-state index contributed by atoms with van der Waals surface area (Å²) in [5.74, 6) is -0.789. The predicted molar refractivity (Wildman–Crippen MR) is 60.5 cm³/mol. The molecule has 0 spiro atoms. The molecule has 0 rings (SSSR count). The van der Waals surface area contributed by atoms with Gasteiger partial charge in [-0.1, -0.05) is 13.8 Å². The standard InChI is InChI=1S/C11H17F6NO3/c1-6(2)18-7(8(19)20-3)4-5-21-9(10(12,13)14)11(15,16)17/h6-7,9,18H,4-5H2,1-3H3. The third-order valence-electron chi connectivity index (χ3n) is 2.31. The van der Waals surface area contributed by atoms with Crippen molar-refractivity contribution in [3.63, 3.8) is 0 Å². The Bertz CT molecular complexity index is 315. The second kappa shape index (κ2) is 7.83. The van der Waals surface area contributed by atoms with E-state index in [0.29, 0.717) is 0 Å². The molecule has 0 saturated carbocycles. The van der Waals surface area contributed by atoms with Crippen molar-refractivity contribution >= 4 is 5.97 Å². The van der Waals surface area contributed by atoms with Gasteiger partial charge in [-0.15, -0.1) is 0 Å². The molecule has 0 amide bonds. The van der Waals surface area contributed by atoms with Crippen LogP contribution < -0.4 is 5.32 Å². The van der Waals surface area contributed by atoms with E-state index in [9.17, 15) is 31.1 Å². The average molecular weight is 325 g/mol. The minimum absolute atomic E-state index is 0.213. The van der Waals surface area contributed by atoms with Gasteiger partial charge in [0, 0.05) is 12.6 Å². The number of nitrogens with one attached hydrogen (secondary N) is 1. The highest BCUT2D eigenvalue weighted by Crippen LogP contribution is 2.35. The smallest absolute Gasteiger partial charge is 0.423 e. The summed E-state index contributed by atoms with van der Waals surface area (Å²) in [5, 5.41) is 2.66. The van der Waals surface area contributed by atoms with Gasteiger partial charge in [-0.2, -0.15) is 26.3 Å². The normalized spacial score (nSPS) is 14.6. The van der Waals surface area contributed by atoms with Gasteiger partial charge >= 0.3 is 18.3 Å². The maximum atomic E-state index is 12.2. The van der Waals surface area contributed by atoms with Crippen LogP contribution in [0.15, 0.2) is 0 Å². The van der Waals surface area contributed by atoms with Crippen molar-refractivity contribution in [1.82, 2.24) is 5.32 Å². The highest BCUT2D eigenvalue weighted by atomic mass is 19.4. The Hall–Kier alpha value is -1.03. The molecule has 0 aliphatic rings. The molecule has 1 unspecified atom stereocenters. The van der Waals surface area contributed by atoms with Crippen molar-refractivity contribution < 1.29 is 40.6 Å². The Balaban J connectivity index is 4.62. The first-order valence-electron chi connectivity index (χ1n) is 5.98. The van der Waals surface area contributed by atoms with Crippen LogP contribution in [0.1, 0.15) is 20.3 Å². The molecule has 0 aromatic carbocycles.